The predicted molar refractivity (Wildman–Crippen MR) is 85.4 cm³/mol. The van der Waals surface area contributed by atoms with Gasteiger partial charge in [0.25, 0.3) is 0 Å². The summed E-state index contributed by atoms with van der Waals surface area (Å²) in [5, 5.41) is 0. The molecule has 1 aliphatic carbocycles. The number of unbranched alkanes of at least 4 members (excludes halogenated alkanes) is 1. The first-order valence-electron chi connectivity index (χ1n) is 8.48. The zero-order valence-electron chi connectivity index (χ0n) is 14.1. The highest BCUT2D eigenvalue weighted by molar-refractivity contribution is 5.79. The number of rotatable bonds is 6. The largest absolute Gasteiger partial charge is 0.340 e. The molecular formula is C17H34N2O. The molecule has 0 aromatic rings. The fraction of sp³-hybridized carbons (Fsp3) is 0.941. The zero-order chi connectivity index (χ0) is 15.3. The van der Waals surface area contributed by atoms with Gasteiger partial charge in [0.2, 0.25) is 5.91 Å². The fourth-order valence-electron chi connectivity index (χ4n) is 3.34. The van der Waals surface area contributed by atoms with Gasteiger partial charge in [0, 0.05) is 24.5 Å². The molecular weight excluding hydrogens is 248 g/mol. The Bertz CT molecular complexity index is 301. The van der Waals surface area contributed by atoms with E-state index in [0.717, 1.165) is 38.6 Å². The summed E-state index contributed by atoms with van der Waals surface area (Å²) in [6, 6.07) is 0.530. The number of carbonyl (C=O) groups is 1. The summed E-state index contributed by atoms with van der Waals surface area (Å²) in [6.07, 6.45) is 5.20. The van der Waals surface area contributed by atoms with Gasteiger partial charge in [-0.15, -0.1) is 0 Å². The van der Waals surface area contributed by atoms with Crippen LogP contribution in [0.5, 0.6) is 0 Å². The van der Waals surface area contributed by atoms with Gasteiger partial charge in [-0.25, -0.2) is 0 Å². The number of hydrogen-bond acceptors (Lipinski definition) is 2. The van der Waals surface area contributed by atoms with Gasteiger partial charge in [-0.1, -0.05) is 34.1 Å². The average Bonchev–Trinajstić information content (AvgIpc) is 2.42. The van der Waals surface area contributed by atoms with Crippen LogP contribution >= 0.6 is 0 Å². The molecule has 0 aliphatic heterocycles. The van der Waals surface area contributed by atoms with E-state index in [9.17, 15) is 4.79 Å². The summed E-state index contributed by atoms with van der Waals surface area (Å²) in [7, 11) is 0. The van der Waals surface area contributed by atoms with E-state index in [4.69, 9.17) is 5.73 Å². The summed E-state index contributed by atoms with van der Waals surface area (Å²) in [5.41, 5.74) is 6.21. The third kappa shape index (κ3) is 4.21. The monoisotopic (exact) mass is 282 g/mol. The van der Waals surface area contributed by atoms with Gasteiger partial charge in [0.15, 0.2) is 0 Å². The molecule has 0 heterocycles. The van der Waals surface area contributed by atoms with E-state index >= 15 is 0 Å². The standard InChI is InChI=1S/C17H34N2O/c1-6-8-9-19(14(5)7-2)17(20)15-11-16(18)13(4)10-12(15)3/h12-16H,6-11,18H2,1-5H3. The summed E-state index contributed by atoms with van der Waals surface area (Å²) in [6.45, 7) is 11.8. The van der Waals surface area contributed by atoms with Crippen LogP contribution in [0.4, 0.5) is 0 Å². The number of hydrogen-bond donors (Lipinski definition) is 1. The fourth-order valence-corrected chi connectivity index (χ4v) is 3.34. The second-order valence-electron chi connectivity index (χ2n) is 6.84. The molecule has 5 atom stereocenters. The number of amides is 1. The van der Waals surface area contributed by atoms with Crippen molar-refractivity contribution < 1.29 is 4.79 Å². The van der Waals surface area contributed by atoms with Crippen molar-refractivity contribution in [1.82, 2.24) is 4.90 Å². The first kappa shape index (κ1) is 17.5. The molecule has 3 nitrogen and oxygen atoms in total. The third-order valence-corrected chi connectivity index (χ3v) is 5.16. The maximum Gasteiger partial charge on any atom is 0.226 e. The maximum absolute atomic E-state index is 12.9. The lowest BCUT2D eigenvalue weighted by molar-refractivity contribution is -0.141. The van der Waals surface area contributed by atoms with Gasteiger partial charge in [-0.3, -0.25) is 4.79 Å². The van der Waals surface area contributed by atoms with Crippen molar-refractivity contribution in [1.29, 1.82) is 0 Å². The van der Waals surface area contributed by atoms with E-state index in [1.54, 1.807) is 0 Å². The maximum atomic E-state index is 12.9. The van der Waals surface area contributed by atoms with Gasteiger partial charge in [0.05, 0.1) is 0 Å². The van der Waals surface area contributed by atoms with Crippen LogP contribution in [0, 0.1) is 17.8 Å². The molecule has 0 bridgehead atoms. The Morgan fingerprint density at radius 3 is 2.45 bits per heavy atom. The van der Waals surface area contributed by atoms with E-state index in [-0.39, 0.29) is 12.0 Å². The van der Waals surface area contributed by atoms with Crippen molar-refractivity contribution >= 4 is 5.91 Å². The molecule has 118 valence electrons. The number of nitrogens with zero attached hydrogens (tertiary/aromatic N) is 1. The van der Waals surface area contributed by atoms with E-state index in [1.165, 1.54) is 0 Å². The molecule has 3 heteroatoms. The molecule has 0 aromatic heterocycles. The molecule has 1 amide bonds. The van der Waals surface area contributed by atoms with Gasteiger partial charge in [-0.05, 0) is 44.4 Å². The molecule has 1 aliphatic rings. The summed E-state index contributed by atoms with van der Waals surface area (Å²) in [4.78, 5) is 15.1. The highest BCUT2D eigenvalue weighted by atomic mass is 16.2. The van der Waals surface area contributed by atoms with Crippen molar-refractivity contribution in [3.8, 4) is 0 Å². The highest BCUT2D eigenvalue weighted by Crippen LogP contribution is 2.34. The lowest BCUT2D eigenvalue weighted by Crippen LogP contribution is -2.49. The van der Waals surface area contributed by atoms with Crippen LogP contribution in [0.25, 0.3) is 0 Å². The Balaban J connectivity index is 2.77. The predicted octanol–water partition coefficient (Wildman–Crippen LogP) is 3.42. The topological polar surface area (TPSA) is 46.3 Å². The van der Waals surface area contributed by atoms with Crippen LogP contribution in [0.2, 0.25) is 0 Å². The van der Waals surface area contributed by atoms with Crippen LogP contribution in [-0.2, 0) is 4.79 Å². The van der Waals surface area contributed by atoms with Crippen LogP contribution < -0.4 is 5.73 Å². The second-order valence-corrected chi connectivity index (χ2v) is 6.84. The number of carbonyl (C=O) groups excluding carboxylic acids is 1. The third-order valence-electron chi connectivity index (χ3n) is 5.16. The smallest absolute Gasteiger partial charge is 0.226 e. The normalized spacial score (nSPS) is 31.9. The van der Waals surface area contributed by atoms with E-state index in [1.807, 2.05) is 0 Å². The zero-order valence-corrected chi connectivity index (χ0v) is 14.1. The van der Waals surface area contributed by atoms with E-state index in [2.05, 4.69) is 39.5 Å². The van der Waals surface area contributed by atoms with Crippen molar-refractivity contribution in [3.05, 3.63) is 0 Å². The lowest BCUT2D eigenvalue weighted by atomic mass is 9.72. The lowest BCUT2D eigenvalue weighted by Gasteiger charge is -2.40. The van der Waals surface area contributed by atoms with Crippen molar-refractivity contribution in [2.75, 3.05) is 6.54 Å². The summed E-state index contributed by atoms with van der Waals surface area (Å²) in [5.74, 6) is 1.49. The van der Waals surface area contributed by atoms with Crippen LogP contribution in [0.3, 0.4) is 0 Å². The van der Waals surface area contributed by atoms with Crippen LogP contribution in [0.1, 0.15) is 66.7 Å². The first-order valence-corrected chi connectivity index (χ1v) is 8.48. The average molecular weight is 282 g/mol. The summed E-state index contributed by atoms with van der Waals surface area (Å²) < 4.78 is 0. The highest BCUT2D eigenvalue weighted by Gasteiger charge is 2.37. The van der Waals surface area contributed by atoms with E-state index < -0.39 is 0 Å². The van der Waals surface area contributed by atoms with Crippen molar-refractivity contribution in [2.24, 2.45) is 23.5 Å². The Morgan fingerprint density at radius 2 is 1.90 bits per heavy atom. The Kier molecular flexibility index (Phi) is 7.01. The van der Waals surface area contributed by atoms with Crippen molar-refractivity contribution in [2.45, 2.75) is 78.8 Å². The summed E-state index contributed by atoms with van der Waals surface area (Å²) >= 11 is 0. The van der Waals surface area contributed by atoms with Gasteiger partial charge in [0.1, 0.15) is 0 Å². The molecule has 0 spiro atoms. The molecule has 2 N–H and O–H groups in total. The Hall–Kier alpha value is -0.570. The van der Waals surface area contributed by atoms with Crippen molar-refractivity contribution in [3.63, 3.8) is 0 Å². The van der Waals surface area contributed by atoms with Gasteiger partial charge in [-0.2, -0.15) is 0 Å². The Morgan fingerprint density at radius 1 is 1.25 bits per heavy atom. The van der Waals surface area contributed by atoms with Crippen LogP contribution in [-0.4, -0.2) is 29.4 Å². The molecule has 5 unspecified atom stereocenters. The first-order chi connectivity index (χ1) is 9.42. The molecule has 0 radical (unpaired) electrons. The Labute approximate surface area is 125 Å². The van der Waals surface area contributed by atoms with Gasteiger partial charge >= 0.3 is 0 Å². The molecule has 20 heavy (non-hydrogen) atoms. The minimum atomic E-state index is 0.132. The van der Waals surface area contributed by atoms with Crippen LogP contribution in [0.15, 0.2) is 0 Å². The second kappa shape index (κ2) is 8.02. The molecule has 1 saturated carbocycles. The molecule has 0 aromatic carbocycles. The SMILES string of the molecule is CCCCN(C(=O)C1CC(N)C(C)CC1C)C(C)CC. The minimum absolute atomic E-state index is 0.132. The minimum Gasteiger partial charge on any atom is -0.340 e. The molecule has 1 fully saturated rings. The van der Waals surface area contributed by atoms with Gasteiger partial charge < -0.3 is 10.6 Å². The van der Waals surface area contributed by atoms with E-state index in [0.29, 0.717) is 23.8 Å². The number of nitrogens with two attached hydrogens (primary N) is 1. The quantitative estimate of drug-likeness (QED) is 0.811. The molecule has 0 saturated heterocycles. The molecule has 1 rings (SSSR count).